The molecule has 0 saturated heterocycles. The molecule has 5 nitrogen and oxygen atoms in total. The van der Waals surface area contributed by atoms with E-state index in [4.69, 9.17) is 5.73 Å². The molecule has 88 valence electrons. The Morgan fingerprint density at radius 3 is 2.33 bits per heavy atom. The Kier molecular flexibility index (Phi) is 6.70. The van der Waals surface area contributed by atoms with E-state index in [0.717, 1.165) is 0 Å². The third-order valence-corrected chi connectivity index (χ3v) is 2.33. The first-order valence-electron chi connectivity index (χ1n) is 5.21. The van der Waals surface area contributed by atoms with E-state index in [2.05, 4.69) is 10.6 Å². The second-order valence-corrected chi connectivity index (χ2v) is 3.80. The molecule has 0 spiro atoms. The van der Waals surface area contributed by atoms with Crippen molar-refractivity contribution in [2.24, 2.45) is 17.6 Å². The molecule has 0 heterocycles. The minimum Gasteiger partial charge on any atom is -0.359 e. The van der Waals surface area contributed by atoms with Crippen LogP contribution in [0.25, 0.3) is 0 Å². The molecular formula is C10H21N3O2. The van der Waals surface area contributed by atoms with Crippen molar-refractivity contribution in [3.8, 4) is 0 Å². The Labute approximate surface area is 90.8 Å². The third kappa shape index (κ3) is 5.37. The largest absolute Gasteiger partial charge is 0.359 e. The van der Waals surface area contributed by atoms with E-state index in [-0.39, 0.29) is 23.7 Å². The van der Waals surface area contributed by atoms with Gasteiger partial charge in [-0.3, -0.25) is 9.59 Å². The second kappa shape index (κ2) is 7.23. The van der Waals surface area contributed by atoms with Gasteiger partial charge in [0.1, 0.15) is 0 Å². The smallest absolute Gasteiger partial charge is 0.224 e. The molecule has 1 atom stereocenters. The summed E-state index contributed by atoms with van der Waals surface area (Å²) in [7, 11) is 1.57. The van der Waals surface area contributed by atoms with Crippen LogP contribution in [0.1, 0.15) is 20.3 Å². The average molecular weight is 215 g/mol. The highest BCUT2D eigenvalue weighted by atomic mass is 16.2. The molecule has 0 aromatic rings. The van der Waals surface area contributed by atoms with E-state index < -0.39 is 0 Å². The van der Waals surface area contributed by atoms with Crippen LogP contribution in [0.4, 0.5) is 0 Å². The molecule has 0 aromatic heterocycles. The summed E-state index contributed by atoms with van der Waals surface area (Å²) in [5.41, 5.74) is 5.49. The van der Waals surface area contributed by atoms with Crippen LogP contribution in [0.2, 0.25) is 0 Å². The minimum atomic E-state index is -0.172. The molecule has 0 aromatic carbocycles. The van der Waals surface area contributed by atoms with Crippen molar-refractivity contribution in [1.82, 2.24) is 10.6 Å². The number of carbonyl (C=O) groups excluding carboxylic acids is 2. The topological polar surface area (TPSA) is 84.2 Å². The Bertz CT molecular complexity index is 217. The lowest BCUT2D eigenvalue weighted by Gasteiger charge is -2.17. The van der Waals surface area contributed by atoms with E-state index in [0.29, 0.717) is 19.5 Å². The fourth-order valence-corrected chi connectivity index (χ4v) is 1.24. The van der Waals surface area contributed by atoms with Crippen LogP contribution in [0.3, 0.4) is 0 Å². The van der Waals surface area contributed by atoms with Crippen molar-refractivity contribution in [2.45, 2.75) is 20.3 Å². The zero-order chi connectivity index (χ0) is 11.8. The second-order valence-electron chi connectivity index (χ2n) is 3.80. The van der Waals surface area contributed by atoms with Gasteiger partial charge in [0.15, 0.2) is 0 Å². The van der Waals surface area contributed by atoms with Crippen LogP contribution in [0.5, 0.6) is 0 Å². The van der Waals surface area contributed by atoms with Crippen molar-refractivity contribution in [3.63, 3.8) is 0 Å². The summed E-state index contributed by atoms with van der Waals surface area (Å²) in [5, 5.41) is 5.19. The Hall–Kier alpha value is -1.10. The maximum Gasteiger partial charge on any atom is 0.224 e. The van der Waals surface area contributed by atoms with Gasteiger partial charge in [0.25, 0.3) is 0 Å². The van der Waals surface area contributed by atoms with Gasteiger partial charge in [-0.05, 0) is 5.92 Å². The highest BCUT2D eigenvalue weighted by Gasteiger charge is 2.19. The number of hydrogen-bond acceptors (Lipinski definition) is 3. The van der Waals surface area contributed by atoms with Gasteiger partial charge in [0.2, 0.25) is 11.8 Å². The molecule has 5 heteroatoms. The number of carbonyl (C=O) groups is 2. The van der Waals surface area contributed by atoms with Crippen LogP contribution >= 0.6 is 0 Å². The summed E-state index contributed by atoms with van der Waals surface area (Å²) in [4.78, 5) is 22.4. The lowest BCUT2D eigenvalue weighted by atomic mass is 9.95. The van der Waals surface area contributed by atoms with Crippen molar-refractivity contribution in [2.75, 3.05) is 20.1 Å². The van der Waals surface area contributed by atoms with E-state index in [1.165, 1.54) is 0 Å². The van der Waals surface area contributed by atoms with Crippen LogP contribution in [0, 0.1) is 11.8 Å². The SMILES string of the molecule is CNC(=O)CCNC(=O)C(CN)C(C)C. The summed E-state index contributed by atoms with van der Waals surface area (Å²) in [6.07, 6.45) is 0.303. The van der Waals surface area contributed by atoms with E-state index >= 15 is 0 Å². The molecule has 0 rings (SSSR count). The number of nitrogens with one attached hydrogen (secondary N) is 2. The molecule has 1 unspecified atom stereocenters. The highest BCUT2D eigenvalue weighted by Crippen LogP contribution is 2.08. The quantitative estimate of drug-likeness (QED) is 0.557. The Morgan fingerprint density at radius 2 is 1.93 bits per heavy atom. The minimum absolute atomic E-state index is 0.0728. The Morgan fingerprint density at radius 1 is 1.33 bits per heavy atom. The molecule has 0 fully saturated rings. The summed E-state index contributed by atoms with van der Waals surface area (Å²) >= 11 is 0. The van der Waals surface area contributed by atoms with Gasteiger partial charge in [-0.1, -0.05) is 13.8 Å². The van der Waals surface area contributed by atoms with Crippen molar-refractivity contribution >= 4 is 11.8 Å². The normalized spacial score (nSPS) is 12.3. The van der Waals surface area contributed by atoms with Crippen LogP contribution in [0.15, 0.2) is 0 Å². The highest BCUT2D eigenvalue weighted by molar-refractivity contribution is 5.80. The Balaban J connectivity index is 3.86. The molecule has 0 aliphatic carbocycles. The third-order valence-electron chi connectivity index (χ3n) is 2.33. The zero-order valence-corrected chi connectivity index (χ0v) is 9.67. The van der Waals surface area contributed by atoms with E-state index in [1.807, 2.05) is 13.8 Å². The predicted octanol–water partition coefficient (Wildman–Crippen LogP) is -0.530. The molecule has 0 radical (unpaired) electrons. The van der Waals surface area contributed by atoms with E-state index in [1.54, 1.807) is 7.05 Å². The maximum absolute atomic E-state index is 11.6. The van der Waals surface area contributed by atoms with Crippen LogP contribution in [-0.4, -0.2) is 32.0 Å². The molecular weight excluding hydrogens is 194 g/mol. The van der Waals surface area contributed by atoms with Crippen LogP contribution in [-0.2, 0) is 9.59 Å². The summed E-state index contributed by atoms with van der Waals surface area (Å²) in [6.45, 7) is 4.61. The van der Waals surface area contributed by atoms with Gasteiger partial charge in [-0.2, -0.15) is 0 Å². The van der Waals surface area contributed by atoms with E-state index in [9.17, 15) is 9.59 Å². The lowest BCUT2D eigenvalue weighted by molar-refractivity contribution is -0.126. The number of rotatable bonds is 6. The molecule has 0 bridgehead atoms. The summed E-state index contributed by atoms with van der Waals surface area (Å²) < 4.78 is 0. The molecule has 0 aliphatic rings. The lowest BCUT2D eigenvalue weighted by Crippen LogP contribution is -2.39. The van der Waals surface area contributed by atoms with Crippen molar-refractivity contribution in [1.29, 1.82) is 0 Å². The summed E-state index contributed by atoms with van der Waals surface area (Å²) in [6, 6.07) is 0. The first-order chi connectivity index (χ1) is 7.02. The first-order valence-corrected chi connectivity index (χ1v) is 5.21. The maximum atomic E-state index is 11.6. The number of nitrogens with two attached hydrogens (primary N) is 1. The van der Waals surface area contributed by atoms with Gasteiger partial charge in [0, 0.05) is 26.6 Å². The number of amides is 2. The fraction of sp³-hybridized carbons (Fsp3) is 0.800. The van der Waals surface area contributed by atoms with Gasteiger partial charge in [0.05, 0.1) is 5.92 Å². The summed E-state index contributed by atoms with van der Waals surface area (Å²) in [5.74, 6) is -0.106. The predicted molar refractivity (Wildman–Crippen MR) is 59.1 cm³/mol. The molecule has 0 saturated carbocycles. The van der Waals surface area contributed by atoms with Crippen LogP contribution < -0.4 is 16.4 Å². The monoisotopic (exact) mass is 215 g/mol. The van der Waals surface area contributed by atoms with Crippen molar-refractivity contribution in [3.05, 3.63) is 0 Å². The van der Waals surface area contributed by atoms with Gasteiger partial charge >= 0.3 is 0 Å². The van der Waals surface area contributed by atoms with Gasteiger partial charge in [-0.25, -0.2) is 0 Å². The standard InChI is InChI=1S/C10H21N3O2/c1-7(2)8(6-11)10(15)13-5-4-9(14)12-3/h7-8H,4-6,11H2,1-3H3,(H,12,14)(H,13,15). The number of hydrogen-bond donors (Lipinski definition) is 3. The molecule has 4 N–H and O–H groups in total. The average Bonchev–Trinajstić information content (AvgIpc) is 2.17. The first kappa shape index (κ1) is 13.9. The zero-order valence-electron chi connectivity index (χ0n) is 9.67. The van der Waals surface area contributed by atoms with Crippen molar-refractivity contribution < 1.29 is 9.59 Å². The van der Waals surface area contributed by atoms with Gasteiger partial charge in [-0.15, -0.1) is 0 Å². The fourth-order valence-electron chi connectivity index (χ4n) is 1.24. The van der Waals surface area contributed by atoms with Gasteiger partial charge < -0.3 is 16.4 Å². The molecule has 2 amide bonds. The molecule has 0 aliphatic heterocycles. The molecule has 15 heavy (non-hydrogen) atoms.